The molecule has 0 fully saturated rings. The largest absolute Gasteiger partial charge is 0.390 e. The molecule has 0 aromatic heterocycles. The average molecular weight is 375 g/mol. The molecular weight excluding hydrogens is 367 g/mol. The molecule has 0 aliphatic carbocycles. The molecular formula is C10H8Br2F3NO. The minimum atomic E-state index is -4.26. The molecule has 0 bridgehead atoms. The number of hydrogen-bond donors (Lipinski definition) is 1. The molecule has 0 atom stereocenters. The van der Waals surface area contributed by atoms with E-state index in [1.807, 2.05) is 0 Å². The monoisotopic (exact) mass is 373 g/mol. The lowest BCUT2D eigenvalue weighted by Gasteiger charge is -2.09. The average Bonchev–Trinajstić information content (AvgIpc) is 2.15. The number of benzene rings is 1. The number of rotatable bonds is 3. The minimum Gasteiger partial charge on any atom is -0.352 e. The molecule has 1 N–H and O–H groups in total. The van der Waals surface area contributed by atoms with Crippen molar-refractivity contribution in [2.75, 3.05) is 6.54 Å². The summed E-state index contributed by atoms with van der Waals surface area (Å²) in [4.78, 5) is 11.5. The highest BCUT2D eigenvalue weighted by atomic mass is 79.9. The number of carbonyl (C=O) groups is 1. The number of hydrogen-bond acceptors (Lipinski definition) is 1. The van der Waals surface area contributed by atoms with Crippen LogP contribution in [0, 0.1) is 0 Å². The van der Waals surface area contributed by atoms with E-state index < -0.39 is 25.0 Å². The second kappa shape index (κ2) is 5.86. The summed E-state index contributed by atoms with van der Waals surface area (Å²) >= 11 is 6.38. The van der Waals surface area contributed by atoms with Crippen LogP contribution in [-0.4, -0.2) is 18.6 Å². The smallest absolute Gasteiger partial charge is 0.352 e. The lowest BCUT2D eigenvalue weighted by Crippen LogP contribution is -2.28. The van der Waals surface area contributed by atoms with Crippen LogP contribution in [0.2, 0.25) is 0 Å². The molecule has 0 unspecified atom stereocenters. The van der Waals surface area contributed by atoms with Crippen molar-refractivity contribution in [1.29, 1.82) is 0 Å². The molecule has 0 aliphatic rings. The Bertz CT molecular complexity index is 421. The van der Waals surface area contributed by atoms with Gasteiger partial charge in [-0.1, -0.05) is 15.9 Å². The minimum absolute atomic E-state index is 0.301. The molecule has 0 radical (unpaired) electrons. The van der Waals surface area contributed by atoms with Gasteiger partial charge in [0.25, 0.3) is 5.91 Å². The number of alkyl halides is 3. The fourth-order valence-corrected chi connectivity index (χ4v) is 2.31. The van der Waals surface area contributed by atoms with Crippen LogP contribution in [0.1, 0.15) is 16.8 Å². The summed E-state index contributed by atoms with van der Waals surface area (Å²) in [6.07, 6.45) is -5.29. The molecule has 0 spiro atoms. The molecule has 7 heteroatoms. The summed E-state index contributed by atoms with van der Waals surface area (Å²) in [5.41, 5.74) is 0.301. The van der Waals surface area contributed by atoms with Gasteiger partial charge < -0.3 is 5.32 Å². The van der Waals surface area contributed by atoms with Crippen molar-refractivity contribution < 1.29 is 18.0 Å². The topological polar surface area (TPSA) is 29.1 Å². The van der Waals surface area contributed by atoms with Gasteiger partial charge in [-0.25, -0.2) is 0 Å². The second-order valence-electron chi connectivity index (χ2n) is 3.25. The van der Waals surface area contributed by atoms with Crippen molar-refractivity contribution >= 4 is 37.8 Å². The molecule has 0 aliphatic heterocycles. The summed E-state index contributed by atoms with van der Waals surface area (Å²) < 4.78 is 36.9. The third-order valence-corrected chi connectivity index (χ3v) is 3.02. The summed E-state index contributed by atoms with van der Waals surface area (Å²) in [5.74, 6) is -0.534. The zero-order valence-corrected chi connectivity index (χ0v) is 11.6. The van der Waals surface area contributed by atoms with Gasteiger partial charge in [0.1, 0.15) is 0 Å². The summed E-state index contributed by atoms with van der Waals surface area (Å²) in [6, 6.07) is 4.82. The molecule has 0 heterocycles. The first kappa shape index (κ1) is 14.5. The van der Waals surface area contributed by atoms with E-state index in [4.69, 9.17) is 0 Å². The zero-order valence-electron chi connectivity index (χ0n) is 8.44. The fraction of sp³-hybridized carbons (Fsp3) is 0.300. The van der Waals surface area contributed by atoms with Crippen LogP contribution in [0.15, 0.2) is 27.1 Å². The Balaban J connectivity index is 2.59. The van der Waals surface area contributed by atoms with Crippen molar-refractivity contribution in [3.05, 3.63) is 32.7 Å². The van der Waals surface area contributed by atoms with Gasteiger partial charge in [-0.15, -0.1) is 0 Å². The molecule has 1 aromatic rings. The van der Waals surface area contributed by atoms with Crippen molar-refractivity contribution in [2.45, 2.75) is 12.6 Å². The first-order valence-electron chi connectivity index (χ1n) is 4.59. The molecule has 0 saturated heterocycles. The van der Waals surface area contributed by atoms with Crippen LogP contribution >= 0.6 is 31.9 Å². The Labute approximate surface area is 113 Å². The van der Waals surface area contributed by atoms with E-state index in [1.54, 1.807) is 12.1 Å². The SMILES string of the molecule is O=C(NCCC(F)(F)F)c1ccc(Br)cc1Br. The van der Waals surface area contributed by atoms with Gasteiger partial charge in [0.05, 0.1) is 12.0 Å². The van der Waals surface area contributed by atoms with Crippen molar-refractivity contribution in [1.82, 2.24) is 5.32 Å². The van der Waals surface area contributed by atoms with Gasteiger partial charge in [0, 0.05) is 15.5 Å². The normalized spacial score (nSPS) is 11.4. The maximum Gasteiger partial charge on any atom is 0.390 e. The molecule has 17 heavy (non-hydrogen) atoms. The first-order chi connectivity index (χ1) is 7.79. The van der Waals surface area contributed by atoms with Crippen molar-refractivity contribution in [3.63, 3.8) is 0 Å². The standard InChI is InChI=1S/C10H8Br2F3NO/c11-6-1-2-7(8(12)5-6)9(17)16-4-3-10(13,14)15/h1-2,5H,3-4H2,(H,16,17). The van der Waals surface area contributed by atoms with Crippen molar-refractivity contribution in [2.24, 2.45) is 0 Å². The highest BCUT2D eigenvalue weighted by Crippen LogP contribution is 2.22. The van der Waals surface area contributed by atoms with Crippen molar-refractivity contribution in [3.8, 4) is 0 Å². The number of amides is 1. The zero-order chi connectivity index (χ0) is 13.1. The van der Waals surface area contributed by atoms with Crippen LogP contribution in [0.25, 0.3) is 0 Å². The van der Waals surface area contributed by atoms with Gasteiger partial charge in [-0.05, 0) is 34.1 Å². The number of halogens is 5. The molecule has 1 aromatic carbocycles. The van der Waals surface area contributed by atoms with Gasteiger partial charge in [0.15, 0.2) is 0 Å². The Morgan fingerprint density at radius 1 is 1.29 bits per heavy atom. The molecule has 2 nitrogen and oxygen atoms in total. The van der Waals surface area contributed by atoms with E-state index in [-0.39, 0.29) is 0 Å². The van der Waals surface area contributed by atoms with Gasteiger partial charge >= 0.3 is 6.18 Å². The first-order valence-corrected chi connectivity index (χ1v) is 6.18. The third kappa shape index (κ3) is 5.08. The highest BCUT2D eigenvalue weighted by molar-refractivity contribution is 9.11. The lowest BCUT2D eigenvalue weighted by atomic mass is 10.2. The van der Waals surface area contributed by atoms with E-state index in [9.17, 15) is 18.0 Å². The van der Waals surface area contributed by atoms with Crippen LogP contribution in [0.5, 0.6) is 0 Å². The van der Waals surface area contributed by atoms with E-state index in [0.29, 0.717) is 10.0 Å². The van der Waals surface area contributed by atoms with E-state index >= 15 is 0 Å². The number of carbonyl (C=O) groups excluding carboxylic acids is 1. The van der Waals surface area contributed by atoms with Gasteiger partial charge in [-0.3, -0.25) is 4.79 Å². The Morgan fingerprint density at radius 3 is 2.47 bits per heavy atom. The van der Waals surface area contributed by atoms with E-state index in [0.717, 1.165) is 4.47 Å². The van der Waals surface area contributed by atoms with E-state index in [2.05, 4.69) is 37.2 Å². The molecule has 1 amide bonds. The lowest BCUT2D eigenvalue weighted by molar-refractivity contribution is -0.132. The fourth-order valence-electron chi connectivity index (χ4n) is 1.09. The number of nitrogens with one attached hydrogen (secondary N) is 1. The Kier molecular flexibility index (Phi) is 5.00. The second-order valence-corrected chi connectivity index (χ2v) is 5.02. The maximum absolute atomic E-state index is 11.9. The van der Waals surface area contributed by atoms with Crippen LogP contribution in [0.3, 0.4) is 0 Å². The van der Waals surface area contributed by atoms with Gasteiger partial charge in [0.2, 0.25) is 0 Å². The quantitative estimate of drug-likeness (QED) is 0.854. The predicted molar refractivity (Wildman–Crippen MR) is 64.8 cm³/mol. The highest BCUT2D eigenvalue weighted by Gasteiger charge is 2.26. The maximum atomic E-state index is 11.9. The molecule has 0 saturated carbocycles. The Morgan fingerprint density at radius 2 is 1.94 bits per heavy atom. The molecule has 1 rings (SSSR count). The van der Waals surface area contributed by atoms with Gasteiger partial charge in [-0.2, -0.15) is 13.2 Å². The Hall–Kier alpha value is -0.560. The summed E-state index contributed by atoms with van der Waals surface area (Å²) in [5, 5.41) is 2.21. The third-order valence-electron chi connectivity index (χ3n) is 1.87. The van der Waals surface area contributed by atoms with Crippen LogP contribution < -0.4 is 5.32 Å². The molecule has 94 valence electrons. The van der Waals surface area contributed by atoms with E-state index in [1.165, 1.54) is 6.07 Å². The van der Waals surface area contributed by atoms with Crippen LogP contribution in [0.4, 0.5) is 13.2 Å². The summed E-state index contributed by atoms with van der Waals surface area (Å²) in [7, 11) is 0. The predicted octanol–water partition coefficient (Wildman–Crippen LogP) is 3.89. The summed E-state index contributed by atoms with van der Waals surface area (Å²) in [6.45, 7) is -0.426. The van der Waals surface area contributed by atoms with Crippen LogP contribution in [-0.2, 0) is 0 Å².